The maximum absolute atomic E-state index is 12.9. The topological polar surface area (TPSA) is 46.0 Å². The number of rotatable bonds is 3. The molecule has 3 rings (SSSR count). The molecule has 22 heavy (non-hydrogen) atoms. The molecule has 0 aliphatic rings. The number of H-pyrrole nitrogens is 1. The molecule has 0 fully saturated rings. The van der Waals surface area contributed by atoms with Crippen LogP contribution in [0.25, 0.3) is 11.4 Å². The van der Waals surface area contributed by atoms with Gasteiger partial charge in [0.2, 0.25) is 4.77 Å². The molecule has 1 heterocycles. The number of halogens is 1. The molecule has 1 aromatic heterocycles. The Labute approximate surface area is 131 Å². The van der Waals surface area contributed by atoms with E-state index in [9.17, 15) is 4.39 Å². The lowest BCUT2D eigenvalue weighted by atomic mass is 10.1. The Morgan fingerprint density at radius 1 is 1.23 bits per heavy atom. The summed E-state index contributed by atoms with van der Waals surface area (Å²) in [4.78, 5) is 0. The van der Waals surface area contributed by atoms with E-state index in [1.54, 1.807) is 23.0 Å². The number of benzene rings is 2. The average Bonchev–Trinajstić information content (AvgIpc) is 2.88. The molecule has 0 saturated heterocycles. The summed E-state index contributed by atoms with van der Waals surface area (Å²) in [6.45, 7) is 2.01. The number of aryl methyl sites for hydroxylation is 1. The van der Waals surface area contributed by atoms with Crippen molar-refractivity contribution in [2.45, 2.75) is 6.92 Å². The second-order valence-electron chi connectivity index (χ2n) is 4.83. The Morgan fingerprint density at radius 2 is 2.00 bits per heavy atom. The van der Waals surface area contributed by atoms with Gasteiger partial charge in [0.1, 0.15) is 5.82 Å². The molecule has 0 unspecified atom stereocenters. The van der Waals surface area contributed by atoms with Crippen LogP contribution >= 0.6 is 12.2 Å². The van der Waals surface area contributed by atoms with Crippen molar-refractivity contribution in [3.05, 3.63) is 70.2 Å². The molecule has 0 bridgehead atoms. The summed E-state index contributed by atoms with van der Waals surface area (Å²) in [6.07, 6.45) is 1.62. The van der Waals surface area contributed by atoms with Crippen molar-refractivity contribution in [2.75, 3.05) is 0 Å². The molecule has 0 spiro atoms. The lowest BCUT2D eigenvalue weighted by Crippen LogP contribution is -1.95. The molecule has 0 radical (unpaired) electrons. The van der Waals surface area contributed by atoms with Gasteiger partial charge in [0.15, 0.2) is 5.82 Å². The number of hydrogen-bond acceptors (Lipinski definition) is 3. The van der Waals surface area contributed by atoms with Gasteiger partial charge in [-0.25, -0.2) is 9.49 Å². The second-order valence-corrected chi connectivity index (χ2v) is 5.22. The van der Waals surface area contributed by atoms with Crippen LogP contribution < -0.4 is 0 Å². The molecule has 0 saturated carbocycles. The first kappa shape index (κ1) is 14.3. The predicted molar refractivity (Wildman–Crippen MR) is 87.0 cm³/mol. The zero-order valence-corrected chi connectivity index (χ0v) is 12.6. The molecule has 0 aliphatic carbocycles. The Balaban J connectivity index is 1.99. The molecule has 1 N–H and O–H groups in total. The molecule has 6 heteroatoms. The van der Waals surface area contributed by atoms with Crippen molar-refractivity contribution in [3.8, 4) is 11.4 Å². The van der Waals surface area contributed by atoms with Crippen LogP contribution in [0.1, 0.15) is 11.1 Å². The van der Waals surface area contributed by atoms with Gasteiger partial charge in [0.25, 0.3) is 0 Å². The Hall–Kier alpha value is -2.60. The van der Waals surface area contributed by atoms with E-state index in [1.807, 2.05) is 31.2 Å². The minimum absolute atomic E-state index is 0.280. The highest BCUT2D eigenvalue weighted by atomic mass is 32.1. The van der Waals surface area contributed by atoms with Crippen LogP contribution in [0.3, 0.4) is 0 Å². The van der Waals surface area contributed by atoms with Crippen molar-refractivity contribution in [1.29, 1.82) is 0 Å². The quantitative estimate of drug-likeness (QED) is 0.588. The lowest BCUT2D eigenvalue weighted by molar-refractivity contribution is 0.628. The van der Waals surface area contributed by atoms with E-state index < -0.39 is 0 Å². The molecule has 0 amide bonds. The monoisotopic (exact) mass is 312 g/mol. The number of aromatic nitrogens is 3. The summed E-state index contributed by atoms with van der Waals surface area (Å²) in [7, 11) is 0. The first-order chi connectivity index (χ1) is 10.6. The summed E-state index contributed by atoms with van der Waals surface area (Å²) < 4.78 is 14.9. The maximum Gasteiger partial charge on any atom is 0.216 e. The Bertz CT molecular complexity index is 878. The minimum atomic E-state index is -0.280. The highest BCUT2D eigenvalue weighted by molar-refractivity contribution is 7.71. The van der Waals surface area contributed by atoms with Crippen molar-refractivity contribution in [2.24, 2.45) is 5.10 Å². The van der Waals surface area contributed by atoms with Crippen LogP contribution in [0.2, 0.25) is 0 Å². The smallest absolute Gasteiger partial charge is 0.216 e. The number of nitrogens with zero attached hydrogens (tertiary/aromatic N) is 3. The highest BCUT2D eigenvalue weighted by Gasteiger charge is 2.07. The third-order valence-corrected chi connectivity index (χ3v) is 3.38. The van der Waals surface area contributed by atoms with E-state index in [4.69, 9.17) is 12.2 Å². The van der Waals surface area contributed by atoms with E-state index in [2.05, 4.69) is 15.3 Å². The second kappa shape index (κ2) is 6.03. The predicted octanol–water partition coefficient (Wildman–Crippen LogP) is 3.94. The molecule has 0 aliphatic heterocycles. The average molecular weight is 312 g/mol. The summed E-state index contributed by atoms with van der Waals surface area (Å²) in [5.74, 6) is 0.351. The first-order valence-electron chi connectivity index (χ1n) is 6.68. The maximum atomic E-state index is 12.9. The Kier molecular flexibility index (Phi) is 3.93. The fourth-order valence-electron chi connectivity index (χ4n) is 2.04. The Morgan fingerprint density at radius 3 is 2.73 bits per heavy atom. The highest BCUT2D eigenvalue weighted by Crippen LogP contribution is 2.18. The third-order valence-electron chi connectivity index (χ3n) is 3.12. The molecule has 4 nitrogen and oxygen atoms in total. The molecule has 2 aromatic carbocycles. The van der Waals surface area contributed by atoms with Gasteiger partial charge in [-0.15, -0.1) is 0 Å². The number of aromatic amines is 1. The number of hydrogen-bond donors (Lipinski definition) is 1. The van der Waals surface area contributed by atoms with E-state index in [-0.39, 0.29) is 5.82 Å². The van der Waals surface area contributed by atoms with Gasteiger partial charge in [0, 0.05) is 5.56 Å². The van der Waals surface area contributed by atoms with Gasteiger partial charge < -0.3 is 0 Å². The lowest BCUT2D eigenvalue weighted by Gasteiger charge is -2.02. The SMILES string of the molecule is Cc1cccc(-c2n[nH]c(=S)n2/N=C\c2ccc(F)cc2)c1. The van der Waals surface area contributed by atoms with Crippen molar-refractivity contribution in [3.63, 3.8) is 0 Å². The fraction of sp³-hybridized carbons (Fsp3) is 0.0625. The van der Waals surface area contributed by atoms with E-state index in [1.165, 1.54) is 12.1 Å². The molecule has 0 atom stereocenters. The molecule has 3 aromatic rings. The van der Waals surface area contributed by atoms with Crippen molar-refractivity contribution >= 4 is 18.4 Å². The number of nitrogens with one attached hydrogen (secondary N) is 1. The normalized spacial score (nSPS) is 11.2. The van der Waals surface area contributed by atoms with Gasteiger partial charge in [-0.1, -0.05) is 35.9 Å². The van der Waals surface area contributed by atoms with Gasteiger partial charge in [-0.3, -0.25) is 0 Å². The van der Waals surface area contributed by atoms with Gasteiger partial charge >= 0.3 is 0 Å². The standard InChI is InChI=1S/C16H13FN4S/c1-11-3-2-4-13(9-11)15-19-20-16(22)21(15)18-10-12-5-7-14(17)8-6-12/h2-10H,1H3,(H,20,22)/b18-10-. The van der Waals surface area contributed by atoms with Crippen LogP contribution in [-0.2, 0) is 0 Å². The van der Waals surface area contributed by atoms with Crippen LogP contribution in [0.5, 0.6) is 0 Å². The zero-order valence-electron chi connectivity index (χ0n) is 11.8. The molecule has 110 valence electrons. The van der Waals surface area contributed by atoms with Crippen LogP contribution in [-0.4, -0.2) is 21.1 Å². The largest absolute Gasteiger partial charge is 0.250 e. The van der Waals surface area contributed by atoms with Gasteiger partial charge in [0.05, 0.1) is 6.21 Å². The van der Waals surface area contributed by atoms with E-state index >= 15 is 0 Å². The summed E-state index contributed by atoms with van der Waals surface area (Å²) in [5.41, 5.74) is 2.82. The minimum Gasteiger partial charge on any atom is -0.250 e. The zero-order chi connectivity index (χ0) is 15.5. The van der Waals surface area contributed by atoms with Gasteiger partial charge in [-0.05, 0) is 42.9 Å². The van der Waals surface area contributed by atoms with Crippen LogP contribution in [0, 0.1) is 17.5 Å². The third kappa shape index (κ3) is 3.01. The fourth-order valence-corrected chi connectivity index (χ4v) is 2.22. The van der Waals surface area contributed by atoms with Crippen molar-refractivity contribution in [1.82, 2.24) is 14.9 Å². The van der Waals surface area contributed by atoms with Crippen molar-refractivity contribution < 1.29 is 4.39 Å². The molecular formula is C16H13FN4S. The first-order valence-corrected chi connectivity index (χ1v) is 7.09. The van der Waals surface area contributed by atoms with Gasteiger partial charge in [-0.2, -0.15) is 14.9 Å². The summed E-state index contributed by atoms with van der Waals surface area (Å²) in [6, 6.07) is 14.0. The summed E-state index contributed by atoms with van der Waals surface area (Å²) in [5, 5.41) is 11.3. The van der Waals surface area contributed by atoms with Crippen LogP contribution in [0.15, 0.2) is 53.6 Å². The van der Waals surface area contributed by atoms with Crippen LogP contribution in [0.4, 0.5) is 4.39 Å². The van der Waals surface area contributed by atoms with E-state index in [0.29, 0.717) is 10.6 Å². The molecular weight excluding hydrogens is 299 g/mol. The summed E-state index contributed by atoms with van der Waals surface area (Å²) >= 11 is 5.21. The van der Waals surface area contributed by atoms with E-state index in [0.717, 1.165) is 16.7 Å².